The van der Waals surface area contributed by atoms with Crippen molar-refractivity contribution in [2.75, 3.05) is 6.61 Å². The van der Waals surface area contributed by atoms with Crippen molar-refractivity contribution in [3.05, 3.63) is 23.5 Å². The summed E-state index contributed by atoms with van der Waals surface area (Å²) < 4.78 is 1.88. The van der Waals surface area contributed by atoms with Crippen LogP contribution in [0.2, 0.25) is 0 Å². The molecular weight excluding hydrogens is 292 g/mol. The number of nitrogens with zero attached hydrogens (tertiary/aromatic N) is 3. The molecule has 1 heterocycles. The van der Waals surface area contributed by atoms with Crippen LogP contribution in [0.3, 0.4) is 0 Å². The maximum atomic E-state index is 12.1. The first kappa shape index (κ1) is 16.2. The molecule has 1 amide bonds. The van der Waals surface area contributed by atoms with E-state index in [0.29, 0.717) is 5.92 Å². The maximum absolute atomic E-state index is 12.1. The van der Waals surface area contributed by atoms with Gasteiger partial charge in [0.2, 0.25) is 5.91 Å². The van der Waals surface area contributed by atoms with Gasteiger partial charge in [0.1, 0.15) is 0 Å². The topological polar surface area (TPSA) is 80.0 Å². The molecule has 6 nitrogen and oxygen atoms in total. The minimum Gasteiger partial charge on any atom is -0.396 e. The number of carbonyl (C=O) groups excluding carboxylic acids is 1. The lowest BCUT2D eigenvalue weighted by Gasteiger charge is -2.21. The molecule has 23 heavy (non-hydrogen) atoms. The molecule has 1 aromatic heterocycles. The molecule has 3 rings (SSSR count). The third kappa shape index (κ3) is 4.41. The molecule has 0 saturated heterocycles. The van der Waals surface area contributed by atoms with Crippen LogP contribution < -0.4 is 5.32 Å². The van der Waals surface area contributed by atoms with Gasteiger partial charge in [-0.25, -0.2) is 0 Å². The van der Waals surface area contributed by atoms with Crippen molar-refractivity contribution >= 4 is 5.91 Å². The largest absolute Gasteiger partial charge is 0.396 e. The highest BCUT2D eigenvalue weighted by Crippen LogP contribution is 2.28. The van der Waals surface area contributed by atoms with Crippen LogP contribution in [0, 0.1) is 5.92 Å². The van der Waals surface area contributed by atoms with Gasteiger partial charge in [0, 0.05) is 31.5 Å². The Kier molecular flexibility index (Phi) is 5.43. The van der Waals surface area contributed by atoms with Crippen LogP contribution in [-0.4, -0.2) is 38.7 Å². The van der Waals surface area contributed by atoms with Crippen molar-refractivity contribution in [1.29, 1.82) is 0 Å². The number of aliphatic hydroxyl groups excluding tert-OH is 1. The first-order chi connectivity index (χ1) is 11.2. The Labute approximate surface area is 137 Å². The number of hydrogen-bond acceptors (Lipinski definition) is 4. The summed E-state index contributed by atoms with van der Waals surface area (Å²) in [4.78, 5) is 12.1. The minimum absolute atomic E-state index is 0.0684. The van der Waals surface area contributed by atoms with Crippen molar-refractivity contribution in [3.8, 4) is 0 Å². The summed E-state index contributed by atoms with van der Waals surface area (Å²) in [7, 11) is 0. The summed E-state index contributed by atoms with van der Waals surface area (Å²) in [5, 5.41) is 20.4. The lowest BCUT2D eigenvalue weighted by Crippen LogP contribution is -2.38. The molecule has 1 aromatic rings. The molecule has 2 aliphatic rings. The Morgan fingerprint density at radius 3 is 3.00 bits per heavy atom. The van der Waals surface area contributed by atoms with E-state index in [1.54, 1.807) is 6.08 Å². The van der Waals surface area contributed by atoms with Crippen LogP contribution in [-0.2, 0) is 17.8 Å². The number of aliphatic hydroxyl groups is 1. The van der Waals surface area contributed by atoms with Crippen LogP contribution in [0.15, 0.2) is 17.8 Å². The summed E-state index contributed by atoms with van der Waals surface area (Å²) in [5.74, 6) is 0.491. The molecule has 126 valence electrons. The van der Waals surface area contributed by atoms with Crippen molar-refractivity contribution in [1.82, 2.24) is 20.3 Å². The Balaban J connectivity index is 1.52. The van der Waals surface area contributed by atoms with Gasteiger partial charge in [0.15, 0.2) is 0 Å². The quantitative estimate of drug-likeness (QED) is 0.748. The number of aryl methyl sites for hydroxylation is 1. The van der Waals surface area contributed by atoms with E-state index in [9.17, 15) is 4.79 Å². The first-order valence-electron chi connectivity index (χ1n) is 8.74. The van der Waals surface area contributed by atoms with Crippen LogP contribution in [0.4, 0.5) is 0 Å². The normalized spacial score (nSPS) is 23.6. The van der Waals surface area contributed by atoms with Gasteiger partial charge < -0.3 is 10.4 Å². The molecule has 0 unspecified atom stereocenters. The Morgan fingerprint density at radius 1 is 1.39 bits per heavy atom. The molecule has 0 aromatic carbocycles. The smallest absolute Gasteiger partial charge is 0.244 e. The molecule has 2 atom stereocenters. The summed E-state index contributed by atoms with van der Waals surface area (Å²) in [6, 6.07) is 0.240. The predicted octanol–water partition coefficient (Wildman–Crippen LogP) is 1.60. The zero-order valence-electron chi connectivity index (χ0n) is 13.6. The molecule has 6 heteroatoms. The fourth-order valence-corrected chi connectivity index (χ4v) is 3.42. The zero-order valence-corrected chi connectivity index (χ0v) is 13.6. The van der Waals surface area contributed by atoms with Gasteiger partial charge in [-0.3, -0.25) is 9.48 Å². The van der Waals surface area contributed by atoms with Gasteiger partial charge in [0.05, 0.1) is 5.69 Å². The van der Waals surface area contributed by atoms with Crippen molar-refractivity contribution in [3.63, 3.8) is 0 Å². The molecule has 0 spiro atoms. The molecule has 0 bridgehead atoms. The SMILES string of the molecule is O=C(C=C1CCC1)N[C@H]1CCC[C@H]1Cn1cc(CCCO)nn1. The summed E-state index contributed by atoms with van der Waals surface area (Å²) in [5.41, 5.74) is 2.20. The van der Waals surface area contributed by atoms with Gasteiger partial charge >= 0.3 is 0 Å². The second kappa shape index (κ2) is 7.73. The maximum Gasteiger partial charge on any atom is 0.244 e. The monoisotopic (exact) mass is 318 g/mol. The van der Waals surface area contributed by atoms with E-state index in [0.717, 1.165) is 57.2 Å². The van der Waals surface area contributed by atoms with Crippen molar-refractivity contribution in [2.45, 2.75) is 64.0 Å². The van der Waals surface area contributed by atoms with Gasteiger partial charge in [-0.2, -0.15) is 0 Å². The lowest BCUT2D eigenvalue weighted by atomic mass is 9.92. The second-order valence-electron chi connectivity index (χ2n) is 6.72. The summed E-state index contributed by atoms with van der Waals surface area (Å²) in [6.45, 7) is 0.979. The first-order valence-corrected chi connectivity index (χ1v) is 8.74. The number of hydrogen-bond donors (Lipinski definition) is 2. The fraction of sp³-hybridized carbons (Fsp3) is 0.706. The van der Waals surface area contributed by atoms with Crippen molar-refractivity contribution in [2.24, 2.45) is 5.92 Å². The van der Waals surface area contributed by atoms with Crippen LogP contribution in [0.1, 0.15) is 50.6 Å². The highest BCUT2D eigenvalue weighted by atomic mass is 16.2. The third-order valence-corrected chi connectivity index (χ3v) is 4.92. The number of allylic oxidation sites excluding steroid dienone is 1. The van der Waals surface area contributed by atoms with Gasteiger partial charge in [-0.15, -0.1) is 5.10 Å². The molecular formula is C17H26N4O2. The van der Waals surface area contributed by atoms with E-state index < -0.39 is 0 Å². The fourth-order valence-electron chi connectivity index (χ4n) is 3.42. The van der Waals surface area contributed by atoms with Crippen LogP contribution in [0.5, 0.6) is 0 Å². The Bertz CT molecular complexity index is 561. The molecule has 2 saturated carbocycles. The van der Waals surface area contributed by atoms with Crippen molar-refractivity contribution < 1.29 is 9.90 Å². The minimum atomic E-state index is 0.0684. The van der Waals surface area contributed by atoms with Gasteiger partial charge in [0.25, 0.3) is 0 Å². The Hall–Kier alpha value is -1.69. The molecule has 2 aliphatic carbocycles. The second-order valence-corrected chi connectivity index (χ2v) is 6.72. The number of nitrogens with one attached hydrogen (secondary N) is 1. The standard InChI is InChI=1S/C17H26N4O2/c22-9-3-7-15-12-21(20-19-15)11-14-6-2-8-16(14)18-17(23)10-13-4-1-5-13/h10,12,14,16,22H,1-9,11H2,(H,18,23)/t14-,16-/m0/s1. The number of amides is 1. The zero-order chi connectivity index (χ0) is 16.1. The highest BCUT2D eigenvalue weighted by molar-refractivity contribution is 5.88. The van der Waals surface area contributed by atoms with Crippen LogP contribution >= 0.6 is 0 Å². The Morgan fingerprint density at radius 2 is 2.26 bits per heavy atom. The average molecular weight is 318 g/mol. The number of aromatic nitrogens is 3. The number of carbonyl (C=O) groups is 1. The number of rotatable bonds is 7. The van der Waals surface area contributed by atoms with E-state index >= 15 is 0 Å². The van der Waals surface area contributed by atoms with Gasteiger partial charge in [-0.1, -0.05) is 17.2 Å². The molecule has 0 radical (unpaired) electrons. The van der Waals surface area contributed by atoms with E-state index in [1.807, 2.05) is 10.9 Å². The lowest BCUT2D eigenvalue weighted by molar-refractivity contribution is -0.117. The summed E-state index contributed by atoms with van der Waals surface area (Å²) >= 11 is 0. The van der Waals surface area contributed by atoms with E-state index in [4.69, 9.17) is 5.11 Å². The van der Waals surface area contributed by atoms with E-state index in [-0.39, 0.29) is 18.6 Å². The molecule has 0 aliphatic heterocycles. The third-order valence-electron chi connectivity index (χ3n) is 4.92. The predicted molar refractivity (Wildman–Crippen MR) is 86.6 cm³/mol. The average Bonchev–Trinajstić information content (AvgIpc) is 3.11. The van der Waals surface area contributed by atoms with Crippen LogP contribution in [0.25, 0.3) is 0 Å². The highest BCUT2D eigenvalue weighted by Gasteiger charge is 2.29. The van der Waals surface area contributed by atoms with E-state index in [2.05, 4.69) is 15.6 Å². The van der Waals surface area contributed by atoms with E-state index in [1.165, 1.54) is 12.0 Å². The summed E-state index contributed by atoms with van der Waals surface area (Å²) in [6.07, 6.45) is 11.9. The molecule has 2 fully saturated rings. The van der Waals surface area contributed by atoms with Gasteiger partial charge in [-0.05, 0) is 50.9 Å². The molecule has 2 N–H and O–H groups in total.